The van der Waals surface area contributed by atoms with Gasteiger partial charge in [0.1, 0.15) is 11.5 Å². The molecule has 0 N–H and O–H groups in total. The Morgan fingerprint density at radius 3 is 2.62 bits per heavy atom. The molecule has 0 fully saturated rings. The second kappa shape index (κ2) is 5.50. The van der Waals surface area contributed by atoms with Crippen molar-refractivity contribution in [2.75, 3.05) is 0 Å². The molecule has 90 valence electrons. The number of aromatic nitrogens is 2. The number of hydrogen-bond acceptors (Lipinski definition) is 3. The van der Waals surface area contributed by atoms with Crippen LogP contribution < -0.4 is 0 Å². The van der Waals surface area contributed by atoms with Crippen molar-refractivity contribution in [1.82, 2.24) is 9.55 Å². The van der Waals surface area contributed by atoms with E-state index in [2.05, 4.69) is 9.38 Å². The molecule has 0 saturated heterocycles. The Labute approximate surface area is 100 Å². The van der Waals surface area contributed by atoms with Crippen molar-refractivity contribution in [2.24, 2.45) is 11.4 Å². The van der Waals surface area contributed by atoms with Gasteiger partial charge in [-0.1, -0.05) is 11.3 Å². The summed E-state index contributed by atoms with van der Waals surface area (Å²) in [5.74, 6) is 0.756. The van der Waals surface area contributed by atoms with Crippen LogP contribution in [0.1, 0.15) is 37.5 Å². The maximum absolute atomic E-state index is 11.6. The second-order valence-corrected chi connectivity index (χ2v) is 5.50. The van der Waals surface area contributed by atoms with Crippen LogP contribution in [-0.2, 0) is 18.4 Å². The van der Waals surface area contributed by atoms with Crippen molar-refractivity contribution in [1.29, 1.82) is 0 Å². The van der Waals surface area contributed by atoms with Crippen LogP contribution in [0.15, 0.2) is 4.40 Å². The fourth-order valence-corrected chi connectivity index (χ4v) is 1.89. The summed E-state index contributed by atoms with van der Waals surface area (Å²) in [6.07, 6.45) is 2.46. The van der Waals surface area contributed by atoms with Crippen molar-refractivity contribution >= 4 is 17.6 Å². The van der Waals surface area contributed by atoms with E-state index in [9.17, 15) is 4.55 Å². The first-order valence-electron chi connectivity index (χ1n) is 5.42. The molecule has 5 heteroatoms. The monoisotopic (exact) mass is 241 g/mol. The third kappa shape index (κ3) is 2.86. The highest BCUT2D eigenvalue weighted by Crippen LogP contribution is 2.09. The zero-order chi connectivity index (χ0) is 12.3. The number of nitrogens with zero attached hydrogens (tertiary/aromatic N) is 3. The van der Waals surface area contributed by atoms with E-state index >= 15 is 0 Å². The lowest BCUT2D eigenvalue weighted by Crippen LogP contribution is -2.14. The summed E-state index contributed by atoms with van der Waals surface area (Å²) in [5, 5.41) is 0.0960. The van der Waals surface area contributed by atoms with E-state index in [0.29, 0.717) is 0 Å². The van der Waals surface area contributed by atoms with Gasteiger partial charge in [-0.15, -0.1) is 0 Å². The van der Waals surface area contributed by atoms with Crippen LogP contribution in [-0.4, -0.2) is 25.6 Å². The highest BCUT2D eigenvalue weighted by Gasteiger charge is 2.14. The summed E-state index contributed by atoms with van der Waals surface area (Å²) in [4.78, 5) is 4.35. The molecule has 1 heterocycles. The quantitative estimate of drug-likeness (QED) is 0.597. The van der Waals surface area contributed by atoms with Gasteiger partial charge in [-0.05, 0) is 27.2 Å². The number of hydrogen-bond donors (Lipinski definition) is 0. The molecule has 1 aromatic rings. The lowest BCUT2D eigenvalue weighted by molar-refractivity contribution is 0.582. The van der Waals surface area contributed by atoms with E-state index in [4.69, 9.17) is 0 Å². The van der Waals surface area contributed by atoms with Crippen LogP contribution in [0.4, 0.5) is 0 Å². The summed E-state index contributed by atoms with van der Waals surface area (Å²) >= 11 is -1.15. The average Bonchev–Trinajstić information content (AvgIpc) is 2.52. The van der Waals surface area contributed by atoms with Gasteiger partial charge < -0.3 is 9.12 Å². The molecule has 1 aromatic heterocycles. The molecule has 0 aromatic carbocycles. The molecular weight excluding hydrogens is 222 g/mol. The van der Waals surface area contributed by atoms with E-state index in [1.165, 1.54) is 0 Å². The standard InChI is InChI=1S/C11H19N3OS/c1-6-8(2)16(15)12-7-11-13-9(3)10(4)14(11)5/h7-8H,6H2,1-5H3. The van der Waals surface area contributed by atoms with E-state index < -0.39 is 11.4 Å². The zero-order valence-electron chi connectivity index (χ0n) is 10.5. The minimum atomic E-state index is -1.15. The Hall–Kier alpha value is -0.810. The van der Waals surface area contributed by atoms with Gasteiger partial charge in [0.15, 0.2) is 5.82 Å². The van der Waals surface area contributed by atoms with Gasteiger partial charge in [0, 0.05) is 12.7 Å². The van der Waals surface area contributed by atoms with Gasteiger partial charge in [0.05, 0.1) is 17.1 Å². The Bertz CT molecular complexity index is 387. The van der Waals surface area contributed by atoms with Crippen LogP contribution in [0.5, 0.6) is 0 Å². The van der Waals surface area contributed by atoms with Crippen molar-refractivity contribution in [3.63, 3.8) is 0 Å². The number of imidazole rings is 1. The van der Waals surface area contributed by atoms with Gasteiger partial charge in [-0.3, -0.25) is 0 Å². The Kier molecular flexibility index (Phi) is 4.56. The highest BCUT2D eigenvalue weighted by atomic mass is 32.2. The average molecular weight is 241 g/mol. The molecule has 0 aliphatic carbocycles. The largest absolute Gasteiger partial charge is 0.591 e. The van der Waals surface area contributed by atoms with Crippen LogP contribution in [0.2, 0.25) is 0 Å². The molecular formula is C11H19N3OS. The molecule has 1 rings (SSSR count). The summed E-state index contributed by atoms with van der Waals surface area (Å²) in [6, 6.07) is 0. The predicted molar refractivity (Wildman–Crippen MR) is 68.2 cm³/mol. The van der Waals surface area contributed by atoms with E-state index in [1.807, 2.05) is 39.3 Å². The Morgan fingerprint density at radius 1 is 1.56 bits per heavy atom. The lowest BCUT2D eigenvalue weighted by atomic mass is 10.4. The zero-order valence-corrected chi connectivity index (χ0v) is 11.3. The SMILES string of the molecule is CCC(C)[S+]([O-])N=Cc1nc(C)c(C)n1C. The van der Waals surface area contributed by atoms with E-state index in [-0.39, 0.29) is 5.25 Å². The third-order valence-corrected chi connectivity index (χ3v) is 4.18. The molecule has 4 nitrogen and oxygen atoms in total. The topological polar surface area (TPSA) is 53.2 Å². The molecule has 2 unspecified atom stereocenters. The molecule has 16 heavy (non-hydrogen) atoms. The predicted octanol–water partition coefficient (Wildman–Crippen LogP) is 1.92. The van der Waals surface area contributed by atoms with Crippen LogP contribution >= 0.6 is 0 Å². The van der Waals surface area contributed by atoms with E-state index in [1.54, 1.807) is 6.21 Å². The highest BCUT2D eigenvalue weighted by molar-refractivity contribution is 7.90. The summed E-state index contributed by atoms with van der Waals surface area (Å²) < 4.78 is 17.6. The van der Waals surface area contributed by atoms with E-state index in [0.717, 1.165) is 23.6 Å². The first kappa shape index (κ1) is 13.3. The fourth-order valence-electron chi connectivity index (χ4n) is 1.20. The van der Waals surface area contributed by atoms with Gasteiger partial charge in [-0.25, -0.2) is 4.98 Å². The van der Waals surface area contributed by atoms with Gasteiger partial charge in [0.2, 0.25) is 0 Å². The van der Waals surface area contributed by atoms with Crippen molar-refractivity contribution < 1.29 is 4.55 Å². The van der Waals surface area contributed by atoms with Crippen molar-refractivity contribution in [2.45, 2.75) is 39.4 Å². The maximum Gasteiger partial charge on any atom is 0.155 e. The number of aryl methyl sites for hydroxylation is 1. The summed E-state index contributed by atoms with van der Waals surface area (Å²) in [5.41, 5.74) is 2.09. The summed E-state index contributed by atoms with van der Waals surface area (Å²) in [7, 11) is 1.93. The number of rotatable bonds is 4. The lowest BCUT2D eigenvalue weighted by Gasteiger charge is -2.08. The van der Waals surface area contributed by atoms with Crippen molar-refractivity contribution in [3.8, 4) is 0 Å². The van der Waals surface area contributed by atoms with Crippen LogP contribution in [0.25, 0.3) is 0 Å². The molecule has 0 aliphatic rings. The Balaban J connectivity index is 2.80. The van der Waals surface area contributed by atoms with Crippen LogP contribution in [0, 0.1) is 13.8 Å². The molecule has 2 atom stereocenters. The molecule has 0 aliphatic heterocycles. The van der Waals surface area contributed by atoms with Gasteiger partial charge >= 0.3 is 0 Å². The first-order valence-corrected chi connectivity index (χ1v) is 6.59. The summed E-state index contributed by atoms with van der Waals surface area (Å²) in [6.45, 7) is 7.90. The molecule has 0 bridgehead atoms. The third-order valence-electron chi connectivity index (χ3n) is 2.84. The minimum absolute atomic E-state index is 0.0960. The molecule has 0 spiro atoms. The van der Waals surface area contributed by atoms with Crippen molar-refractivity contribution in [3.05, 3.63) is 17.2 Å². The van der Waals surface area contributed by atoms with Gasteiger partial charge in [-0.2, -0.15) is 0 Å². The molecule has 0 radical (unpaired) electrons. The normalized spacial score (nSPS) is 15.6. The molecule has 0 amide bonds. The van der Waals surface area contributed by atoms with Gasteiger partial charge in [0.25, 0.3) is 0 Å². The Morgan fingerprint density at radius 2 is 2.19 bits per heavy atom. The maximum atomic E-state index is 11.6. The second-order valence-electron chi connectivity index (χ2n) is 3.93. The van der Waals surface area contributed by atoms with Crippen LogP contribution in [0.3, 0.4) is 0 Å². The first-order chi connectivity index (χ1) is 7.47. The fraction of sp³-hybridized carbons (Fsp3) is 0.636. The minimum Gasteiger partial charge on any atom is -0.591 e. The molecule has 0 saturated carbocycles. The smallest absolute Gasteiger partial charge is 0.155 e.